The van der Waals surface area contributed by atoms with E-state index < -0.39 is 5.92 Å². The fourth-order valence-electron chi connectivity index (χ4n) is 2.39. The van der Waals surface area contributed by atoms with Crippen LogP contribution in [-0.2, 0) is 4.79 Å². The van der Waals surface area contributed by atoms with Gasteiger partial charge in [-0.25, -0.2) is 0 Å². The number of Topliss-reactive ketones (excluding diaryl/α,β-unsaturated/α-hetero) is 1. The van der Waals surface area contributed by atoms with E-state index in [2.05, 4.69) is 10.3 Å². The van der Waals surface area contributed by atoms with Gasteiger partial charge in [0, 0.05) is 23.2 Å². The number of pyridine rings is 1. The molecule has 1 amide bonds. The molecule has 3 rings (SSSR count). The van der Waals surface area contributed by atoms with Gasteiger partial charge in [0.25, 0.3) is 0 Å². The van der Waals surface area contributed by atoms with Crippen molar-refractivity contribution >= 4 is 40.6 Å². The predicted octanol–water partition coefficient (Wildman–Crippen LogP) is 3.70. The Morgan fingerprint density at radius 2 is 1.95 bits per heavy atom. The number of hydrogen-bond donors (Lipinski definition) is 1. The van der Waals surface area contributed by atoms with Crippen molar-refractivity contribution in [1.29, 1.82) is 0 Å². The Bertz CT molecular complexity index is 732. The van der Waals surface area contributed by atoms with Gasteiger partial charge >= 0.3 is 0 Å². The van der Waals surface area contributed by atoms with Gasteiger partial charge in [-0.3, -0.25) is 14.6 Å². The summed E-state index contributed by atoms with van der Waals surface area (Å²) in [5, 5.41) is 3.52. The smallest absolute Gasteiger partial charge is 0.232 e. The molecule has 0 fully saturated rings. The number of hydrogen-bond acceptors (Lipinski definition) is 3. The van der Waals surface area contributed by atoms with Crippen LogP contribution in [0, 0.1) is 0 Å². The number of aromatic nitrogens is 1. The second-order valence-corrected chi connectivity index (χ2v) is 5.52. The summed E-state index contributed by atoms with van der Waals surface area (Å²) in [6.07, 6.45) is 1.55. The molecule has 0 saturated heterocycles. The minimum absolute atomic E-state index is 0.00983. The molecule has 2 heterocycles. The highest BCUT2D eigenvalue weighted by Gasteiger charge is 2.35. The van der Waals surface area contributed by atoms with Crippen LogP contribution in [0.3, 0.4) is 0 Å². The molecule has 2 aromatic rings. The Morgan fingerprint density at radius 1 is 1.19 bits per heavy atom. The van der Waals surface area contributed by atoms with Crippen molar-refractivity contribution in [2.24, 2.45) is 0 Å². The van der Waals surface area contributed by atoms with Gasteiger partial charge in [0.15, 0.2) is 5.78 Å². The summed E-state index contributed by atoms with van der Waals surface area (Å²) in [4.78, 5) is 28.3. The number of carbonyl (C=O) groups is 2. The zero-order valence-corrected chi connectivity index (χ0v) is 12.3. The first kappa shape index (κ1) is 14.0. The number of halogens is 2. The summed E-state index contributed by atoms with van der Waals surface area (Å²) in [5.74, 6) is -1.12. The van der Waals surface area contributed by atoms with E-state index in [0.717, 1.165) is 0 Å². The van der Waals surface area contributed by atoms with Crippen LogP contribution in [0.4, 0.5) is 5.69 Å². The van der Waals surface area contributed by atoms with Gasteiger partial charge in [-0.15, -0.1) is 0 Å². The first-order chi connectivity index (χ1) is 10.1. The van der Waals surface area contributed by atoms with Crippen molar-refractivity contribution in [3.05, 3.63) is 57.8 Å². The summed E-state index contributed by atoms with van der Waals surface area (Å²) >= 11 is 12.2. The monoisotopic (exact) mass is 320 g/mol. The first-order valence-electron chi connectivity index (χ1n) is 6.31. The lowest BCUT2D eigenvalue weighted by Crippen LogP contribution is -2.16. The molecule has 0 aliphatic carbocycles. The average molecular weight is 321 g/mol. The fraction of sp³-hybridized carbons (Fsp3) is 0.133. The minimum Gasteiger partial charge on any atom is -0.324 e. The summed E-state index contributed by atoms with van der Waals surface area (Å²) < 4.78 is 0. The van der Waals surface area contributed by atoms with Crippen LogP contribution in [0.5, 0.6) is 0 Å². The number of amides is 1. The van der Waals surface area contributed by atoms with Crippen LogP contribution in [0.1, 0.15) is 28.4 Å². The lowest BCUT2D eigenvalue weighted by Gasteiger charge is -2.09. The minimum atomic E-state index is -0.638. The van der Waals surface area contributed by atoms with Crippen molar-refractivity contribution in [2.75, 3.05) is 5.32 Å². The molecule has 4 nitrogen and oxygen atoms in total. The second-order valence-electron chi connectivity index (χ2n) is 4.70. The van der Waals surface area contributed by atoms with E-state index in [-0.39, 0.29) is 18.1 Å². The number of nitrogens with zero attached hydrogens (tertiary/aromatic N) is 1. The molecule has 1 unspecified atom stereocenters. The fourth-order valence-corrected chi connectivity index (χ4v) is 2.89. The van der Waals surface area contributed by atoms with Crippen molar-refractivity contribution in [2.45, 2.75) is 12.3 Å². The van der Waals surface area contributed by atoms with Crippen LogP contribution in [0.2, 0.25) is 10.0 Å². The Kier molecular flexibility index (Phi) is 3.66. The van der Waals surface area contributed by atoms with Crippen LogP contribution < -0.4 is 5.32 Å². The first-order valence-corrected chi connectivity index (χ1v) is 7.06. The zero-order chi connectivity index (χ0) is 15.0. The maximum atomic E-state index is 12.2. The molecule has 106 valence electrons. The number of benzene rings is 1. The topological polar surface area (TPSA) is 59.1 Å². The third kappa shape index (κ3) is 2.52. The van der Waals surface area contributed by atoms with E-state index in [1.54, 1.807) is 36.5 Å². The number of carbonyl (C=O) groups excluding carboxylic acids is 2. The molecule has 1 aliphatic heterocycles. The number of fused-ring (bicyclic) bond motifs is 1. The molecule has 1 N–H and O–H groups in total. The molecule has 6 heteroatoms. The number of anilines is 1. The number of ketones is 1. The van der Waals surface area contributed by atoms with E-state index in [1.165, 1.54) is 0 Å². The average Bonchev–Trinajstić information content (AvgIpc) is 2.82. The lowest BCUT2D eigenvalue weighted by molar-refractivity contribution is -0.117. The summed E-state index contributed by atoms with van der Waals surface area (Å²) in [7, 11) is 0. The van der Waals surface area contributed by atoms with Crippen molar-refractivity contribution in [1.82, 2.24) is 4.98 Å². The molecule has 1 aromatic carbocycles. The summed E-state index contributed by atoms with van der Waals surface area (Å²) in [5.41, 5.74) is 1.41. The Labute approximate surface area is 131 Å². The molecular weight excluding hydrogens is 311 g/mol. The number of nitrogens with one attached hydrogen (secondary N) is 1. The van der Waals surface area contributed by atoms with Gasteiger partial charge in [-0.1, -0.05) is 29.3 Å². The number of rotatable bonds is 3. The third-order valence-electron chi connectivity index (χ3n) is 3.39. The van der Waals surface area contributed by atoms with Crippen molar-refractivity contribution in [3.8, 4) is 0 Å². The summed E-state index contributed by atoms with van der Waals surface area (Å²) in [6, 6.07) is 8.32. The van der Waals surface area contributed by atoms with Gasteiger partial charge < -0.3 is 5.32 Å². The highest BCUT2D eigenvalue weighted by atomic mass is 35.5. The predicted molar refractivity (Wildman–Crippen MR) is 81.0 cm³/mol. The normalized spacial score (nSPS) is 16.5. The van der Waals surface area contributed by atoms with Gasteiger partial charge in [0.2, 0.25) is 5.91 Å². The molecule has 1 aromatic heterocycles. The lowest BCUT2D eigenvalue weighted by atomic mass is 9.94. The van der Waals surface area contributed by atoms with Crippen LogP contribution in [0.15, 0.2) is 36.5 Å². The molecule has 0 saturated carbocycles. The quantitative estimate of drug-likeness (QED) is 0.877. The van der Waals surface area contributed by atoms with Crippen LogP contribution in [0.25, 0.3) is 0 Å². The highest BCUT2D eigenvalue weighted by molar-refractivity contribution is 6.38. The van der Waals surface area contributed by atoms with E-state index in [0.29, 0.717) is 27.0 Å². The largest absolute Gasteiger partial charge is 0.324 e. The second kappa shape index (κ2) is 5.47. The SMILES string of the molecule is O=C(CC1C(=O)Nc2c(Cl)ccc(Cl)c21)c1ccccn1. The van der Waals surface area contributed by atoms with Gasteiger partial charge in [0.1, 0.15) is 5.69 Å². The zero-order valence-electron chi connectivity index (χ0n) is 10.8. The van der Waals surface area contributed by atoms with Gasteiger partial charge in [0.05, 0.1) is 16.6 Å². The maximum absolute atomic E-state index is 12.2. The molecule has 1 aliphatic rings. The van der Waals surface area contributed by atoms with E-state index in [1.807, 2.05) is 0 Å². The molecule has 0 radical (unpaired) electrons. The Balaban J connectivity index is 1.93. The Morgan fingerprint density at radius 3 is 2.67 bits per heavy atom. The van der Waals surface area contributed by atoms with E-state index in [4.69, 9.17) is 23.2 Å². The molecular formula is C15H10Cl2N2O2. The van der Waals surface area contributed by atoms with Gasteiger partial charge in [-0.2, -0.15) is 0 Å². The van der Waals surface area contributed by atoms with E-state index >= 15 is 0 Å². The van der Waals surface area contributed by atoms with E-state index in [9.17, 15) is 9.59 Å². The third-order valence-corrected chi connectivity index (χ3v) is 4.04. The standard InChI is InChI=1S/C15H10Cl2N2O2/c16-9-4-5-10(17)14-13(9)8(15(21)19-14)7-12(20)11-3-1-2-6-18-11/h1-6,8H,7H2,(H,19,21). The Hall–Kier alpha value is -1.91. The van der Waals surface area contributed by atoms with Crippen molar-refractivity contribution < 1.29 is 9.59 Å². The maximum Gasteiger partial charge on any atom is 0.232 e. The molecule has 1 atom stereocenters. The highest BCUT2D eigenvalue weighted by Crippen LogP contribution is 2.43. The van der Waals surface area contributed by atoms with Gasteiger partial charge in [-0.05, 0) is 24.3 Å². The van der Waals surface area contributed by atoms with Crippen molar-refractivity contribution in [3.63, 3.8) is 0 Å². The van der Waals surface area contributed by atoms with Crippen LogP contribution >= 0.6 is 23.2 Å². The molecule has 21 heavy (non-hydrogen) atoms. The molecule has 0 spiro atoms. The van der Waals surface area contributed by atoms with Crippen LogP contribution in [-0.4, -0.2) is 16.7 Å². The summed E-state index contributed by atoms with van der Waals surface area (Å²) in [6.45, 7) is 0. The molecule has 0 bridgehead atoms.